The average molecular weight is 222 g/mol. The molecular formula is C9H18O6. The molecule has 0 saturated carbocycles. The van der Waals surface area contributed by atoms with Gasteiger partial charge in [0.1, 0.15) is 24.4 Å². The highest BCUT2D eigenvalue weighted by Crippen LogP contribution is 2.21. The fraction of sp³-hybridized carbons (Fsp3) is 1.00. The van der Waals surface area contributed by atoms with Crippen molar-refractivity contribution in [2.24, 2.45) is 0 Å². The van der Waals surface area contributed by atoms with Gasteiger partial charge >= 0.3 is 0 Å². The number of aliphatic hydroxyl groups is 4. The van der Waals surface area contributed by atoms with Crippen molar-refractivity contribution in [1.82, 2.24) is 0 Å². The van der Waals surface area contributed by atoms with E-state index in [1.54, 1.807) is 0 Å². The fourth-order valence-corrected chi connectivity index (χ4v) is 1.44. The van der Waals surface area contributed by atoms with Gasteiger partial charge in [-0.25, -0.2) is 0 Å². The van der Waals surface area contributed by atoms with Crippen LogP contribution in [-0.4, -0.2) is 64.3 Å². The van der Waals surface area contributed by atoms with Gasteiger partial charge in [0.25, 0.3) is 0 Å². The van der Waals surface area contributed by atoms with Crippen LogP contribution in [0.15, 0.2) is 0 Å². The molecule has 4 N–H and O–H groups in total. The molecule has 1 heterocycles. The van der Waals surface area contributed by atoms with Crippen LogP contribution in [-0.2, 0) is 9.47 Å². The van der Waals surface area contributed by atoms with E-state index in [1.165, 1.54) is 0 Å². The summed E-state index contributed by atoms with van der Waals surface area (Å²) in [6.45, 7) is 1.84. The summed E-state index contributed by atoms with van der Waals surface area (Å²) in [5.74, 6) is 0. The average Bonchev–Trinajstić information content (AvgIpc) is 2.25. The van der Waals surface area contributed by atoms with Crippen LogP contribution in [0.1, 0.15) is 13.3 Å². The summed E-state index contributed by atoms with van der Waals surface area (Å²) in [6, 6.07) is 0. The van der Waals surface area contributed by atoms with E-state index in [4.69, 9.17) is 14.6 Å². The highest BCUT2D eigenvalue weighted by Gasteiger charge is 2.43. The van der Waals surface area contributed by atoms with Gasteiger partial charge in [0, 0.05) is 6.61 Å². The minimum absolute atomic E-state index is 0.378. The number of aliphatic hydroxyl groups excluding tert-OH is 4. The number of ether oxygens (including phenoxy) is 2. The molecule has 1 aliphatic rings. The zero-order valence-electron chi connectivity index (χ0n) is 8.61. The summed E-state index contributed by atoms with van der Waals surface area (Å²) >= 11 is 0. The first-order valence-electron chi connectivity index (χ1n) is 5.04. The predicted octanol–water partition coefficient (Wildman–Crippen LogP) is -1.79. The third-order valence-electron chi connectivity index (χ3n) is 2.33. The molecule has 6 heteroatoms. The van der Waals surface area contributed by atoms with Crippen LogP contribution in [0.2, 0.25) is 0 Å². The zero-order valence-corrected chi connectivity index (χ0v) is 8.61. The molecule has 0 radical (unpaired) electrons. The monoisotopic (exact) mass is 222 g/mol. The first kappa shape index (κ1) is 12.8. The van der Waals surface area contributed by atoms with Gasteiger partial charge in [-0.2, -0.15) is 0 Å². The van der Waals surface area contributed by atoms with E-state index >= 15 is 0 Å². The second-order valence-corrected chi connectivity index (χ2v) is 3.57. The maximum Gasteiger partial charge on any atom is 0.186 e. The van der Waals surface area contributed by atoms with Gasteiger partial charge in [-0.3, -0.25) is 0 Å². The van der Waals surface area contributed by atoms with Crippen molar-refractivity contribution in [1.29, 1.82) is 0 Å². The van der Waals surface area contributed by atoms with Crippen molar-refractivity contribution < 1.29 is 29.9 Å². The highest BCUT2D eigenvalue weighted by atomic mass is 16.7. The fourth-order valence-electron chi connectivity index (χ4n) is 1.44. The first-order valence-corrected chi connectivity index (χ1v) is 5.04. The second-order valence-electron chi connectivity index (χ2n) is 3.57. The Labute approximate surface area is 88.1 Å². The van der Waals surface area contributed by atoms with Gasteiger partial charge in [0.05, 0.1) is 6.61 Å². The van der Waals surface area contributed by atoms with Crippen LogP contribution >= 0.6 is 0 Å². The van der Waals surface area contributed by atoms with Crippen molar-refractivity contribution in [2.45, 2.75) is 44.1 Å². The van der Waals surface area contributed by atoms with Crippen molar-refractivity contribution >= 4 is 0 Å². The molecule has 0 spiro atoms. The molecule has 2 unspecified atom stereocenters. The van der Waals surface area contributed by atoms with Gasteiger partial charge in [-0.1, -0.05) is 6.92 Å². The van der Waals surface area contributed by atoms with Crippen LogP contribution in [0, 0.1) is 0 Å². The lowest BCUT2D eigenvalue weighted by Gasteiger charge is -2.39. The van der Waals surface area contributed by atoms with E-state index in [0.717, 1.165) is 6.42 Å². The molecule has 0 aliphatic carbocycles. The van der Waals surface area contributed by atoms with Crippen LogP contribution < -0.4 is 0 Å². The van der Waals surface area contributed by atoms with E-state index in [9.17, 15) is 15.3 Å². The third-order valence-corrected chi connectivity index (χ3v) is 2.33. The largest absolute Gasteiger partial charge is 0.394 e. The summed E-state index contributed by atoms with van der Waals surface area (Å²) in [5, 5.41) is 37.2. The lowest BCUT2D eigenvalue weighted by atomic mass is 9.99. The molecule has 1 fully saturated rings. The quantitative estimate of drug-likeness (QED) is 0.448. The molecule has 0 bridgehead atoms. The first-order chi connectivity index (χ1) is 7.11. The predicted molar refractivity (Wildman–Crippen MR) is 50.0 cm³/mol. The Morgan fingerprint density at radius 1 is 1.13 bits per heavy atom. The molecule has 6 nitrogen and oxygen atoms in total. The van der Waals surface area contributed by atoms with Crippen molar-refractivity contribution in [2.75, 3.05) is 13.2 Å². The third kappa shape index (κ3) is 2.87. The van der Waals surface area contributed by atoms with Gasteiger partial charge in [-0.15, -0.1) is 0 Å². The Hall–Kier alpha value is -0.240. The maximum absolute atomic E-state index is 9.51. The molecule has 0 aromatic rings. The standard InChI is InChI=1S/C9H18O6/c1-2-3-14-9-8(13)7(12)6(11)5(4-10)15-9/h5-13H,2-4H2,1H3/t5?,6-,7?,8-,9+/m1/s1. The van der Waals surface area contributed by atoms with E-state index in [0.29, 0.717) is 6.61 Å². The topological polar surface area (TPSA) is 99.4 Å². The molecule has 5 atom stereocenters. The number of hydrogen-bond donors (Lipinski definition) is 4. The summed E-state index contributed by atoms with van der Waals surface area (Å²) in [6.07, 6.45) is -5.14. The Morgan fingerprint density at radius 3 is 2.33 bits per heavy atom. The van der Waals surface area contributed by atoms with Gasteiger partial charge in [-0.05, 0) is 6.42 Å². The van der Waals surface area contributed by atoms with Crippen molar-refractivity contribution in [3.8, 4) is 0 Å². The maximum atomic E-state index is 9.51. The van der Waals surface area contributed by atoms with Crippen LogP contribution in [0.3, 0.4) is 0 Å². The van der Waals surface area contributed by atoms with Gasteiger partial charge in [0.15, 0.2) is 6.29 Å². The summed E-state index contributed by atoms with van der Waals surface area (Å²) < 4.78 is 10.2. The number of rotatable bonds is 4. The Kier molecular flexibility index (Phi) is 4.91. The zero-order chi connectivity index (χ0) is 11.4. The molecule has 15 heavy (non-hydrogen) atoms. The second kappa shape index (κ2) is 5.74. The van der Waals surface area contributed by atoms with Crippen LogP contribution in [0.5, 0.6) is 0 Å². The lowest BCUT2D eigenvalue weighted by molar-refractivity contribution is -0.300. The molecule has 0 aromatic heterocycles. The highest BCUT2D eigenvalue weighted by molar-refractivity contribution is 4.88. The van der Waals surface area contributed by atoms with E-state index in [1.807, 2.05) is 6.92 Å². The summed E-state index contributed by atoms with van der Waals surface area (Å²) in [7, 11) is 0. The molecule has 0 aromatic carbocycles. The lowest BCUT2D eigenvalue weighted by Crippen LogP contribution is -2.59. The molecule has 1 rings (SSSR count). The SMILES string of the molecule is CCCO[C@H]1OC(CO)[C@@H](O)C(O)[C@H]1O. The molecule has 1 saturated heterocycles. The normalized spacial score (nSPS) is 41.8. The van der Waals surface area contributed by atoms with Crippen LogP contribution in [0.25, 0.3) is 0 Å². The summed E-state index contributed by atoms with van der Waals surface area (Å²) in [5.41, 5.74) is 0. The molecule has 90 valence electrons. The van der Waals surface area contributed by atoms with Crippen molar-refractivity contribution in [3.05, 3.63) is 0 Å². The van der Waals surface area contributed by atoms with E-state index in [-0.39, 0.29) is 0 Å². The number of hydrogen-bond acceptors (Lipinski definition) is 6. The Bertz CT molecular complexity index is 185. The minimum Gasteiger partial charge on any atom is -0.394 e. The van der Waals surface area contributed by atoms with E-state index in [2.05, 4.69) is 0 Å². The minimum atomic E-state index is -1.36. The van der Waals surface area contributed by atoms with Crippen LogP contribution in [0.4, 0.5) is 0 Å². The Morgan fingerprint density at radius 2 is 1.80 bits per heavy atom. The molecular weight excluding hydrogens is 204 g/mol. The Balaban J connectivity index is 2.57. The van der Waals surface area contributed by atoms with E-state index < -0.39 is 37.3 Å². The van der Waals surface area contributed by atoms with Crippen molar-refractivity contribution in [3.63, 3.8) is 0 Å². The smallest absolute Gasteiger partial charge is 0.186 e. The molecule has 0 amide bonds. The van der Waals surface area contributed by atoms with Gasteiger partial charge in [0.2, 0.25) is 0 Å². The summed E-state index contributed by atoms with van der Waals surface area (Å²) in [4.78, 5) is 0. The molecule has 1 aliphatic heterocycles. The van der Waals surface area contributed by atoms with Gasteiger partial charge < -0.3 is 29.9 Å².